The molecule has 0 amide bonds. The Morgan fingerprint density at radius 3 is 2.37 bits per heavy atom. The molecule has 19 heavy (non-hydrogen) atoms. The van der Waals surface area contributed by atoms with Gasteiger partial charge in [-0.05, 0) is 25.0 Å². The van der Waals surface area contributed by atoms with Gasteiger partial charge in [0.25, 0.3) is 0 Å². The third-order valence-corrected chi connectivity index (χ3v) is 3.02. The standard InChI is InChI=1S/C13H12F3NO2/c14-13(15,16)19-11-4-2-1-3-10(11)18-9-12(5-6-12)7-8-17/h1-4H,5-7,9H2. The van der Waals surface area contributed by atoms with E-state index in [0.29, 0.717) is 6.42 Å². The van der Waals surface area contributed by atoms with E-state index in [0.717, 1.165) is 12.8 Å². The minimum Gasteiger partial charge on any atom is -0.489 e. The second-order valence-corrected chi connectivity index (χ2v) is 4.62. The fourth-order valence-electron chi connectivity index (χ4n) is 1.73. The lowest BCUT2D eigenvalue weighted by Gasteiger charge is -2.16. The second-order valence-electron chi connectivity index (χ2n) is 4.62. The summed E-state index contributed by atoms with van der Waals surface area (Å²) in [4.78, 5) is 0. The number of hydrogen-bond acceptors (Lipinski definition) is 3. The molecule has 1 fully saturated rings. The van der Waals surface area contributed by atoms with Gasteiger partial charge in [0.15, 0.2) is 11.5 Å². The van der Waals surface area contributed by atoms with Crippen molar-refractivity contribution >= 4 is 0 Å². The molecule has 1 aromatic rings. The number of para-hydroxylation sites is 2. The first-order chi connectivity index (χ1) is 8.94. The van der Waals surface area contributed by atoms with E-state index in [1.165, 1.54) is 18.2 Å². The molecule has 0 heterocycles. The molecule has 0 radical (unpaired) electrons. The summed E-state index contributed by atoms with van der Waals surface area (Å²) in [6.07, 6.45) is -2.66. The molecule has 1 aliphatic rings. The summed E-state index contributed by atoms with van der Waals surface area (Å²) in [7, 11) is 0. The van der Waals surface area contributed by atoms with Crippen LogP contribution in [0, 0.1) is 16.7 Å². The first-order valence-electron chi connectivity index (χ1n) is 5.79. The molecule has 1 aromatic carbocycles. The average Bonchev–Trinajstić information content (AvgIpc) is 3.07. The fraction of sp³-hybridized carbons (Fsp3) is 0.462. The van der Waals surface area contributed by atoms with E-state index in [9.17, 15) is 13.2 Å². The van der Waals surface area contributed by atoms with Gasteiger partial charge < -0.3 is 9.47 Å². The molecule has 0 unspecified atom stereocenters. The van der Waals surface area contributed by atoms with E-state index < -0.39 is 6.36 Å². The van der Waals surface area contributed by atoms with Gasteiger partial charge >= 0.3 is 6.36 Å². The first kappa shape index (κ1) is 13.5. The summed E-state index contributed by atoms with van der Waals surface area (Å²) in [6, 6.07) is 7.70. The van der Waals surface area contributed by atoms with Gasteiger partial charge in [-0.15, -0.1) is 13.2 Å². The zero-order valence-electron chi connectivity index (χ0n) is 10.0. The monoisotopic (exact) mass is 271 g/mol. The Kier molecular flexibility index (Phi) is 3.56. The summed E-state index contributed by atoms with van der Waals surface area (Å²) >= 11 is 0. The van der Waals surface area contributed by atoms with Gasteiger partial charge in [-0.2, -0.15) is 5.26 Å². The molecule has 0 aliphatic heterocycles. The van der Waals surface area contributed by atoms with E-state index >= 15 is 0 Å². The molecule has 0 aromatic heterocycles. The van der Waals surface area contributed by atoms with Crippen molar-refractivity contribution in [3.63, 3.8) is 0 Å². The van der Waals surface area contributed by atoms with Crippen LogP contribution in [0.2, 0.25) is 0 Å². The summed E-state index contributed by atoms with van der Waals surface area (Å²) < 4.78 is 45.9. The number of nitriles is 1. The Bertz CT molecular complexity index is 489. The van der Waals surface area contributed by atoms with E-state index in [1.54, 1.807) is 6.07 Å². The van der Waals surface area contributed by atoms with Crippen LogP contribution in [0.25, 0.3) is 0 Å². The van der Waals surface area contributed by atoms with Gasteiger partial charge in [-0.3, -0.25) is 0 Å². The van der Waals surface area contributed by atoms with E-state index in [2.05, 4.69) is 10.8 Å². The van der Waals surface area contributed by atoms with Crippen LogP contribution in [0.4, 0.5) is 13.2 Å². The topological polar surface area (TPSA) is 42.2 Å². The van der Waals surface area contributed by atoms with E-state index in [-0.39, 0.29) is 23.5 Å². The molecule has 6 heteroatoms. The van der Waals surface area contributed by atoms with Gasteiger partial charge in [-0.1, -0.05) is 12.1 Å². The number of nitrogens with zero attached hydrogens (tertiary/aromatic N) is 1. The molecule has 2 rings (SSSR count). The smallest absolute Gasteiger partial charge is 0.489 e. The SMILES string of the molecule is N#CCC1(COc2ccccc2OC(F)(F)F)CC1. The van der Waals surface area contributed by atoms with Gasteiger partial charge in [0.1, 0.15) is 0 Å². The minimum absolute atomic E-state index is 0.0454. The summed E-state index contributed by atoms with van der Waals surface area (Å²) in [5.41, 5.74) is -0.194. The molecule has 0 N–H and O–H groups in total. The maximum Gasteiger partial charge on any atom is 0.573 e. The fourth-order valence-corrected chi connectivity index (χ4v) is 1.73. The number of benzene rings is 1. The average molecular weight is 271 g/mol. The molecular weight excluding hydrogens is 259 g/mol. The van der Waals surface area contributed by atoms with Crippen LogP contribution in [-0.2, 0) is 0 Å². The maximum atomic E-state index is 12.2. The Morgan fingerprint density at radius 1 is 1.21 bits per heavy atom. The molecule has 0 bridgehead atoms. The van der Waals surface area contributed by atoms with Crippen LogP contribution >= 0.6 is 0 Å². The van der Waals surface area contributed by atoms with Gasteiger partial charge in [0, 0.05) is 11.8 Å². The molecule has 0 atom stereocenters. The zero-order valence-corrected chi connectivity index (χ0v) is 10.0. The van der Waals surface area contributed by atoms with Crippen LogP contribution in [0.15, 0.2) is 24.3 Å². The van der Waals surface area contributed by atoms with Crippen LogP contribution in [0.5, 0.6) is 11.5 Å². The third-order valence-electron chi connectivity index (χ3n) is 3.02. The predicted octanol–water partition coefficient (Wildman–Crippen LogP) is 3.66. The van der Waals surface area contributed by atoms with E-state index in [1.807, 2.05) is 0 Å². The molecule has 1 saturated carbocycles. The van der Waals surface area contributed by atoms with Crippen molar-refractivity contribution in [3.05, 3.63) is 24.3 Å². The van der Waals surface area contributed by atoms with Crippen LogP contribution in [-0.4, -0.2) is 13.0 Å². The molecule has 3 nitrogen and oxygen atoms in total. The molecular formula is C13H12F3NO2. The number of rotatable bonds is 5. The summed E-state index contributed by atoms with van der Waals surface area (Å²) in [6.45, 7) is 0.235. The normalized spacial score (nSPS) is 16.5. The van der Waals surface area contributed by atoms with Crippen molar-refractivity contribution < 1.29 is 22.6 Å². The highest BCUT2D eigenvalue weighted by Gasteiger charge is 2.43. The largest absolute Gasteiger partial charge is 0.573 e. The zero-order chi connectivity index (χ0) is 13.9. The van der Waals surface area contributed by atoms with Crippen molar-refractivity contribution in [1.82, 2.24) is 0 Å². The lowest BCUT2D eigenvalue weighted by atomic mass is 10.1. The third kappa shape index (κ3) is 3.78. The highest BCUT2D eigenvalue weighted by molar-refractivity contribution is 5.39. The quantitative estimate of drug-likeness (QED) is 0.820. The molecule has 1 aliphatic carbocycles. The predicted molar refractivity (Wildman–Crippen MR) is 60.5 cm³/mol. The first-order valence-corrected chi connectivity index (χ1v) is 5.79. The highest BCUT2D eigenvalue weighted by Crippen LogP contribution is 2.49. The lowest BCUT2D eigenvalue weighted by molar-refractivity contribution is -0.275. The van der Waals surface area contributed by atoms with Crippen LogP contribution in [0.3, 0.4) is 0 Å². The van der Waals surface area contributed by atoms with Crippen LogP contribution in [0.1, 0.15) is 19.3 Å². The van der Waals surface area contributed by atoms with E-state index in [4.69, 9.17) is 10.00 Å². The minimum atomic E-state index is -4.75. The van der Waals surface area contributed by atoms with Crippen molar-refractivity contribution in [2.75, 3.05) is 6.61 Å². The van der Waals surface area contributed by atoms with Gasteiger partial charge in [-0.25, -0.2) is 0 Å². The maximum absolute atomic E-state index is 12.2. The Morgan fingerprint density at radius 2 is 1.84 bits per heavy atom. The van der Waals surface area contributed by atoms with Crippen molar-refractivity contribution in [3.8, 4) is 17.6 Å². The Hall–Kier alpha value is -1.90. The Balaban J connectivity index is 2.02. The summed E-state index contributed by atoms with van der Waals surface area (Å²) in [5.74, 6) is -0.313. The molecule has 0 saturated heterocycles. The molecule has 102 valence electrons. The number of ether oxygens (including phenoxy) is 2. The van der Waals surface area contributed by atoms with Gasteiger partial charge in [0.2, 0.25) is 0 Å². The summed E-state index contributed by atoms with van der Waals surface area (Å²) in [5, 5.41) is 8.67. The number of alkyl halides is 3. The second kappa shape index (κ2) is 5.00. The van der Waals surface area contributed by atoms with Crippen molar-refractivity contribution in [1.29, 1.82) is 5.26 Å². The molecule has 0 spiro atoms. The van der Waals surface area contributed by atoms with Crippen LogP contribution < -0.4 is 9.47 Å². The number of hydrogen-bond donors (Lipinski definition) is 0. The van der Waals surface area contributed by atoms with Crippen molar-refractivity contribution in [2.45, 2.75) is 25.6 Å². The lowest BCUT2D eigenvalue weighted by Crippen LogP contribution is -2.18. The highest BCUT2D eigenvalue weighted by atomic mass is 19.4. The number of halogens is 3. The van der Waals surface area contributed by atoms with Gasteiger partial charge in [0.05, 0.1) is 12.7 Å². The Labute approximate surface area is 108 Å². The van der Waals surface area contributed by atoms with Crippen molar-refractivity contribution in [2.24, 2.45) is 5.41 Å².